The summed E-state index contributed by atoms with van der Waals surface area (Å²) in [5, 5.41) is 9.44. The van der Waals surface area contributed by atoms with Gasteiger partial charge in [-0.3, -0.25) is 0 Å². The van der Waals surface area contributed by atoms with E-state index >= 15 is 0 Å². The van der Waals surface area contributed by atoms with E-state index in [0.29, 0.717) is 12.0 Å². The molecule has 0 saturated carbocycles. The number of halogens is 1. The molecule has 108 valence electrons. The second-order valence-corrected chi connectivity index (χ2v) is 4.86. The smallest absolute Gasteiger partial charge is 0.338 e. The zero-order chi connectivity index (χ0) is 15.2. The average molecular weight is 303 g/mol. The van der Waals surface area contributed by atoms with Crippen molar-refractivity contribution in [2.45, 2.75) is 6.42 Å². The first-order valence-corrected chi connectivity index (χ1v) is 6.85. The van der Waals surface area contributed by atoms with Crippen LogP contribution in [0.15, 0.2) is 49.0 Å². The number of phenols is 1. The Balaban J connectivity index is 1.95. The van der Waals surface area contributed by atoms with Gasteiger partial charge in [0.1, 0.15) is 5.75 Å². The molecule has 3 nitrogen and oxygen atoms in total. The van der Waals surface area contributed by atoms with Crippen molar-refractivity contribution in [3.05, 3.63) is 70.8 Å². The van der Waals surface area contributed by atoms with Crippen molar-refractivity contribution in [2.24, 2.45) is 0 Å². The molecule has 0 unspecified atom stereocenters. The third-order valence-electron chi connectivity index (χ3n) is 3.06. The number of esters is 1. The van der Waals surface area contributed by atoms with E-state index in [1.807, 2.05) is 24.3 Å². The van der Waals surface area contributed by atoms with Crippen LogP contribution in [0.2, 0.25) is 5.02 Å². The molecule has 0 aliphatic carbocycles. The fourth-order valence-corrected chi connectivity index (χ4v) is 2.11. The predicted molar refractivity (Wildman–Crippen MR) is 83.6 cm³/mol. The highest BCUT2D eigenvalue weighted by atomic mass is 35.5. The molecule has 0 aliphatic heterocycles. The monoisotopic (exact) mass is 302 g/mol. The number of carbonyl (C=O) groups excluding carboxylic acids is 1. The summed E-state index contributed by atoms with van der Waals surface area (Å²) in [4.78, 5) is 11.9. The van der Waals surface area contributed by atoms with Crippen LogP contribution in [0, 0.1) is 0 Å². The topological polar surface area (TPSA) is 46.5 Å². The molecule has 2 rings (SSSR count). The third-order valence-corrected chi connectivity index (χ3v) is 3.37. The van der Waals surface area contributed by atoms with Gasteiger partial charge in [0.05, 0.1) is 17.2 Å². The summed E-state index contributed by atoms with van der Waals surface area (Å²) >= 11 is 5.76. The second-order valence-electron chi connectivity index (χ2n) is 4.46. The highest BCUT2D eigenvalue weighted by Gasteiger charge is 2.10. The molecule has 4 heteroatoms. The highest BCUT2D eigenvalue weighted by Crippen LogP contribution is 2.24. The summed E-state index contributed by atoms with van der Waals surface area (Å²) in [5.41, 5.74) is 2.42. The standard InChI is InChI=1S/C17H15ClO3/c1-2-12-5-3-4-6-13(12)9-10-21-17(20)14-7-8-16(19)15(18)11-14/h2-8,11,19H,1,9-10H2. The van der Waals surface area contributed by atoms with Crippen molar-refractivity contribution < 1.29 is 14.6 Å². The lowest BCUT2D eigenvalue weighted by molar-refractivity contribution is 0.0509. The van der Waals surface area contributed by atoms with E-state index in [2.05, 4.69) is 6.58 Å². The predicted octanol–water partition coefficient (Wildman–Crippen LogP) is 4.09. The van der Waals surface area contributed by atoms with Crippen molar-refractivity contribution in [1.82, 2.24) is 0 Å². The van der Waals surface area contributed by atoms with E-state index in [0.717, 1.165) is 11.1 Å². The fraction of sp³-hybridized carbons (Fsp3) is 0.118. The van der Waals surface area contributed by atoms with E-state index in [-0.39, 0.29) is 17.4 Å². The molecule has 21 heavy (non-hydrogen) atoms. The van der Waals surface area contributed by atoms with Gasteiger partial charge in [0.15, 0.2) is 0 Å². The van der Waals surface area contributed by atoms with Gasteiger partial charge in [-0.1, -0.05) is 48.5 Å². The maximum atomic E-state index is 11.9. The minimum Gasteiger partial charge on any atom is -0.506 e. The van der Waals surface area contributed by atoms with Gasteiger partial charge in [0, 0.05) is 6.42 Å². The molecule has 0 bridgehead atoms. The molecule has 0 atom stereocenters. The van der Waals surface area contributed by atoms with Crippen LogP contribution in [0.1, 0.15) is 21.5 Å². The minimum absolute atomic E-state index is 0.0619. The molecule has 0 saturated heterocycles. The Kier molecular flexibility index (Phi) is 5.01. The third kappa shape index (κ3) is 3.86. The highest BCUT2D eigenvalue weighted by molar-refractivity contribution is 6.32. The van der Waals surface area contributed by atoms with Crippen molar-refractivity contribution in [3.8, 4) is 5.75 Å². The first-order chi connectivity index (χ1) is 10.1. The number of benzene rings is 2. The largest absolute Gasteiger partial charge is 0.506 e. The van der Waals surface area contributed by atoms with Gasteiger partial charge in [-0.25, -0.2) is 4.79 Å². The first-order valence-electron chi connectivity index (χ1n) is 6.48. The van der Waals surface area contributed by atoms with E-state index in [1.54, 1.807) is 6.08 Å². The molecule has 1 N–H and O–H groups in total. The number of rotatable bonds is 5. The molecular formula is C17H15ClO3. The molecule has 0 heterocycles. The fourth-order valence-electron chi connectivity index (χ4n) is 1.93. The van der Waals surface area contributed by atoms with E-state index in [1.165, 1.54) is 18.2 Å². The second kappa shape index (κ2) is 6.95. The molecule has 0 fully saturated rings. The van der Waals surface area contributed by atoms with Crippen LogP contribution in [0.25, 0.3) is 6.08 Å². The minimum atomic E-state index is -0.465. The van der Waals surface area contributed by atoms with Gasteiger partial charge in [-0.2, -0.15) is 0 Å². The van der Waals surface area contributed by atoms with E-state index < -0.39 is 5.97 Å². The zero-order valence-corrected chi connectivity index (χ0v) is 12.1. The summed E-state index contributed by atoms with van der Waals surface area (Å²) in [6, 6.07) is 12.0. The summed E-state index contributed by atoms with van der Waals surface area (Å²) in [6.45, 7) is 4.02. The Hall–Kier alpha value is -2.26. The number of aromatic hydroxyl groups is 1. The van der Waals surface area contributed by atoms with E-state index in [9.17, 15) is 9.90 Å². The molecule has 0 amide bonds. The average Bonchev–Trinajstić information content (AvgIpc) is 2.50. The molecule has 2 aromatic rings. The van der Waals surface area contributed by atoms with Gasteiger partial charge >= 0.3 is 5.97 Å². The number of ether oxygens (including phenoxy) is 1. The zero-order valence-electron chi connectivity index (χ0n) is 11.4. The number of carbonyl (C=O) groups is 1. The van der Waals surface area contributed by atoms with Crippen LogP contribution in [-0.2, 0) is 11.2 Å². The van der Waals surface area contributed by atoms with Gasteiger partial charge in [0.2, 0.25) is 0 Å². The van der Waals surface area contributed by atoms with Gasteiger partial charge in [-0.05, 0) is 29.3 Å². The van der Waals surface area contributed by atoms with Crippen molar-refractivity contribution >= 4 is 23.6 Å². The molecule has 2 aromatic carbocycles. The van der Waals surface area contributed by atoms with Crippen LogP contribution in [0.5, 0.6) is 5.75 Å². The summed E-state index contributed by atoms with van der Waals surface area (Å²) in [7, 11) is 0. The Morgan fingerprint density at radius 3 is 2.76 bits per heavy atom. The van der Waals surface area contributed by atoms with Gasteiger partial charge < -0.3 is 9.84 Å². The maximum Gasteiger partial charge on any atom is 0.338 e. The molecule has 0 aliphatic rings. The molecular weight excluding hydrogens is 288 g/mol. The Bertz CT molecular complexity index is 665. The molecule has 0 spiro atoms. The Morgan fingerprint density at radius 2 is 2.05 bits per heavy atom. The number of hydrogen-bond acceptors (Lipinski definition) is 3. The van der Waals surface area contributed by atoms with Gasteiger partial charge in [0.25, 0.3) is 0 Å². The van der Waals surface area contributed by atoms with Crippen LogP contribution in [-0.4, -0.2) is 17.7 Å². The van der Waals surface area contributed by atoms with Crippen LogP contribution in [0.4, 0.5) is 0 Å². The maximum absolute atomic E-state index is 11.9. The van der Waals surface area contributed by atoms with Crippen molar-refractivity contribution in [3.63, 3.8) is 0 Å². The lowest BCUT2D eigenvalue weighted by Crippen LogP contribution is -2.08. The summed E-state index contributed by atoms with van der Waals surface area (Å²) in [5.74, 6) is -0.527. The molecule has 0 aromatic heterocycles. The van der Waals surface area contributed by atoms with Crippen LogP contribution in [0.3, 0.4) is 0 Å². The number of hydrogen-bond donors (Lipinski definition) is 1. The number of phenolic OH excluding ortho intramolecular Hbond substituents is 1. The Labute approximate surface area is 128 Å². The SMILES string of the molecule is C=Cc1ccccc1CCOC(=O)c1ccc(O)c(Cl)c1. The summed E-state index contributed by atoms with van der Waals surface area (Å²) < 4.78 is 5.21. The van der Waals surface area contributed by atoms with Crippen LogP contribution >= 0.6 is 11.6 Å². The quantitative estimate of drug-likeness (QED) is 0.846. The first kappa shape index (κ1) is 15.1. The van der Waals surface area contributed by atoms with Crippen molar-refractivity contribution in [2.75, 3.05) is 6.61 Å². The van der Waals surface area contributed by atoms with E-state index in [4.69, 9.17) is 16.3 Å². The summed E-state index contributed by atoms with van der Waals surface area (Å²) in [6.07, 6.45) is 2.39. The van der Waals surface area contributed by atoms with Crippen LogP contribution < -0.4 is 0 Å². The normalized spacial score (nSPS) is 10.1. The molecule has 0 radical (unpaired) electrons. The lowest BCUT2D eigenvalue weighted by Gasteiger charge is -2.08. The van der Waals surface area contributed by atoms with Gasteiger partial charge in [-0.15, -0.1) is 0 Å². The lowest BCUT2D eigenvalue weighted by atomic mass is 10.1. The Morgan fingerprint density at radius 1 is 1.29 bits per heavy atom. The van der Waals surface area contributed by atoms with Crippen molar-refractivity contribution in [1.29, 1.82) is 0 Å².